The second kappa shape index (κ2) is 8.93. The number of carbonyl (C=O) groups is 1. The van der Waals surface area contributed by atoms with Crippen molar-refractivity contribution in [2.75, 3.05) is 51.4 Å². The fourth-order valence-corrected chi connectivity index (χ4v) is 3.40. The van der Waals surface area contributed by atoms with E-state index in [2.05, 4.69) is 15.5 Å². The number of carbonyl (C=O) groups excluding carboxylic acids is 1. The van der Waals surface area contributed by atoms with E-state index in [-0.39, 0.29) is 17.8 Å². The molecule has 142 valence electrons. The Hall–Kier alpha value is -2.23. The van der Waals surface area contributed by atoms with Gasteiger partial charge in [0.1, 0.15) is 0 Å². The lowest BCUT2D eigenvalue weighted by molar-refractivity contribution is -0.384. The summed E-state index contributed by atoms with van der Waals surface area (Å²) in [6, 6.07) is 5.65. The van der Waals surface area contributed by atoms with Gasteiger partial charge in [0.25, 0.3) is 5.69 Å². The Bertz CT molecular complexity index is 612. The number of nitro groups is 1. The Morgan fingerprint density at radius 3 is 2.58 bits per heavy atom. The lowest BCUT2D eigenvalue weighted by atomic mass is 9.97. The van der Waals surface area contributed by atoms with Crippen molar-refractivity contribution >= 4 is 17.4 Å². The topological polar surface area (TPSA) is 106 Å². The molecule has 0 saturated carbocycles. The van der Waals surface area contributed by atoms with Crippen LogP contribution in [0, 0.1) is 16.0 Å². The first-order valence-corrected chi connectivity index (χ1v) is 8.82. The van der Waals surface area contributed by atoms with E-state index in [1.807, 2.05) is 0 Å². The molecule has 2 saturated heterocycles. The monoisotopic (exact) mass is 364 g/mol. The molecule has 2 amide bonds. The molecule has 2 N–H and O–H groups in total. The molecular weight excluding hydrogens is 340 g/mol. The molecule has 0 aromatic heterocycles. The van der Waals surface area contributed by atoms with Gasteiger partial charge in [-0.3, -0.25) is 15.0 Å². The van der Waals surface area contributed by atoms with Crippen LogP contribution in [0.25, 0.3) is 0 Å². The number of hydrogen-bond donors (Lipinski definition) is 2. The summed E-state index contributed by atoms with van der Waals surface area (Å²) in [6.07, 6.45) is 0.994. The second-order valence-electron chi connectivity index (χ2n) is 6.48. The SMILES string of the molecule is O=C(NC[C@H]([C@H]1CCOC1)N1CCOCC1)Nc1ccc([N+](=O)[O-])cc1. The van der Waals surface area contributed by atoms with Crippen molar-refractivity contribution in [2.24, 2.45) is 5.92 Å². The highest BCUT2D eigenvalue weighted by molar-refractivity contribution is 5.89. The summed E-state index contributed by atoms with van der Waals surface area (Å²) in [4.78, 5) is 24.8. The third kappa shape index (κ3) is 4.90. The highest BCUT2D eigenvalue weighted by Crippen LogP contribution is 2.22. The molecule has 2 aliphatic rings. The summed E-state index contributed by atoms with van der Waals surface area (Å²) in [7, 11) is 0. The number of nitrogens with zero attached hydrogens (tertiary/aromatic N) is 2. The van der Waals surface area contributed by atoms with Crippen molar-refractivity contribution in [3.63, 3.8) is 0 Å². The van der Waals surface area contributed by atoms with Crippen LogP contribution in [-0.4, -0.2) is 68.0 Å². The first kappa shape index (κ1) is 18.6. The molecule has 2 heterocycles. The molecule has 26 heavy (non-hydrogen) atoms. The van der Waals surface area contributed by atoms with Crippen molar-refractivity contribution in [3.8, 4) is 0 Å². The zero-order chi connectivity index (χ0) is 18.4. The van der Waals surface area contributed by atoms with E-state index in [0.29, 0.717) is 38.0 Å². The van der Waals surface area contributed by atoms with E-state index < -0.39 is 4.92 Å². The average Bonchev–Trinajstić information content (AvgIpc) is 3.17. The standard InChI is InChI=1S/C17H24N4O5/c22-17(19-14-1-3-15(4-2-14)21(23)24)18-11-16(13-5-8-26-12-13)20-6-9-25-10-7-20/h1-4,13,16H,5-12H2,(H2,18,19,22)/t13-,16+/m0/s1. The van der Waals surface area contributed by atoms with Crippen molar-refractivity contribution in [2.45, 2.75) is 12.5 Å². The van der Waals surface area contributed by atoms with Crippen molar-refractivity contribution in [3.05, 3.63) is 34.4 Å². The third-order valence-electron chi connectivity index (χ3n) is 4.83. The van der Waals surface area contributed by atoms with Gasteiger partial charge in [0.05, 0.1) is 24.7 Å². The number of ether oxygens (including phenoxy) is 2. The quantitative estimate of drug-likeness (QED) is 0.585. The molecule has 3 rings (SSSR count). The summed E-state index contributed by atoms with van der Waals surface area (Å²) in [5.41, 5.74) is 0.504. The molecule has 0 bridgehead atoms. The van der Waals surface area contributed by atoms with Gasteiger partial charge in [-0.15, -0.1) is 0 Å². The molecule has 9 nitrogen and oxygen atoms in total. The van der Waals surface area contributed by atoms with Gasteiger partial charge in [-0.25, -0.2) is 4.79 Å². The normalized spacial score (nSPS) is 21.9. The fraction of sp³-hybridized carbons (Fsp3) is 0.588. The molecule has 0 unspecified atom stereocenters. The zero-order valence-corrected chi connectivity index (χ0v) is 14.6. The number of anilines is 1. The van der Waals surface area contributed by atoms with E-state index in [9.17, 15) is 14.9 Å². The van der Waals surface area contributed by atoms with Crippen molar-refractivity contribution in [1.29, 1.82) is 0 Å². The number of urea groups is 1. The van der Waals surface area contributed by atoms with Crippen LogP contribution < -0.4 is 10.6 Å². The minimum absolute atomic E-state index is 0.00965. The van der Waals surface area contributed by atoms with E-state index in [0.717, 1.165) is 26.1 Å². The maximum atomic E-state index is 12.2. The lowest BCUT2D eigenvalue weighted by Gasteiger charge is -2.37. The highest BCUT2D eigenvalue weighted by Gasteiger charge is 2.31. The first-order valence-electron chi connectivity index (χ1n) is 8.82. The van der Waals surface area contributed by atoms with E-state index in [1.165, 1.54) is 24.3 Å². The number of nitrogens with one attached hydrogen (secondary N) is 2. The third-order valence-corrected chi connectivity index (χ3v) is 4.83. The molecule has 1 aromatic carbocycles. The number of rotatable bonds is 6. The van der Waals surface area contributed by atoms with Crippen LogP contribution in [0.15, 0.2) is 24.3 Å². The maximum absolute atomic E-state index is 12.2. The summed E-state index contributed by atoms with van der Waals surface area (Å²) in [6.45, 7) is 5.12. The van der Waals surface area contributed by atoms with Crippen LogP contribution in [0.4, 0.5) is 16.2 Å². The number of hydrogen-bond acceptors (Lipinski definition) is 6. The molecule has 2 aliphatic heterocycles. The largest absolute Gasteiger partial charge is 0.381 e. The highest BCUT2D eigenvalue weighted by atomic mass is 16.6. The first-order chi connectivity index (χ1) is 12.6. The Labute approximate surface area is 151 Å². The van der Waals surface area contributed by atoms with Crippen LogP contribution in [0.5, 0.6) is 0 Å². The van der Waals surface area contributed by atoms with Gasteiger partial charge < -0.3 is 20.1 Å². The van der Waals surface area contributed by atoms with Crippen molar-refractivity contribution < 1.29 is 19.2 Å². The summed E-state index contributed by atoms with van der Waals surface area (Å²) in [5, 5.41) is 16.3. The van der Waals surface area contributed by atoms with Gasteiger partial charge in [-0.2, -0.15) is 0 Å². The molecule has 2 atom stereocenters. The lowest BCUT2D eigenvalue weighted by Crippen LogP contribution is -2.52. The number of morpholine rings is 1. The van der Waals surface area contributed by atoms with Crippen LogP contribution in [-0.2, 0) is 9.47 Å². The zero-order valence-electron chi connectivity index (χ0n) is 14.6. The number of benzene rings is 1. The molecule has 2 fully saturated rings. The van der Waals surface area contributed by atoms with E-state index >= 15 is 0 Å². The van der Waals surface area contributed by atoms with Crippen LogP contribution >= 0.6 is 0 Å². The number of non-ortho nitro benzene ring substituents is 1. The van der Waals surface area contributed by atoms with Crippen molar-refractivity contribution in [1.82, 2.24) is 10.2 Å². The average molecular weight is 364 g/mol. The molecule has 1 aromatic rings. The van der Waals surface area contributed by atoms with Crippen LogP contribution in [0.3, 0.4) is 0 Å². The predicted octanol–water partition coefficient (Wildman–Crippen LogP) is 1.45. The van der Waals surface area contributed by atoms with Gasteiger partial charge in [-0.05, 0) is 18.6 Å². The van der Waals surface area contributed by atoms with Gasteiger partial charge in [-0.1, -0.05) is 0 Å². The number of amides is 2. The molecule has 0 spiro atoms. The minimum atomic E-state index is -0.472. The minimum Gasteiger partial charge on any atom is -0.381 e. The Morgan fingerprint density at radius 2 is 1.96 bits per heavy atom. The smallest absolute Gasteiger partial charge is 0.319 e. The van der Waals surface area contributed by atoms with Gasteiger partial charge in [0.2, 0.25) is 0 Å². The molecule has 9 heteroatoms. The maximum Gasteiger partial charge on any atom is 0.319 e. The van der Waals surface area contributed by atoms with Gasteiger partial charge in [0, 0.05) is 56.0 Å². The Morgan fingerprint density at radius 1 is 1.23 bits per heavy atom. The van der Waals surface area contributed by atoms with E-state index in [4.69, 9.17) is 9.47 Å². The van der Waals surface area contributed by atoms with Gasteiger partial charge >= 0.3 is 6.03 Å². The summed E-state index contributed by atoms with van der Waals surface area (Å²) in [5.74, 6) is 0.396. The second-order valence-corrected chi connectivity index (χ2v) is 6.48. The fourth-order valence-electron chi connectivity index (χ4n) is 3.40. The Balaban J connectivity index is 1.53. The van der Waals surface area contributed by atoms with Crippen LogP contribution in [0.2, 0.25) is 0 Å². The van der Waals surface area contributed by atoms with Gasteiger partial charge in [0.15, 0.2) is 0 Å². The predicted molar refractivity (Wildman–Crippen MR) is 95.2 cm³/mol. The molecule has 0 radical (unpaired) electrons. The number of nitro benzene ring substituents is 1. The molecular formula is C17H24N4O5. The summed E-state index contributed by atoms with van der Waals surface area (Å²) < 4.78 is 10.9. The van der Waals surface area contributed by atoms with E-state index in [1.54, 1.807) is 0 Å². The Kier molecular flexibility index (Phi) is 6.37. The summed E-state index contributed by atoms with van der Waals surface area (Å²) >= 11 is 0. The molecule has 0 aliphatic carbocycles. The van der Waals surface area contributed by atoms with Crippen LogP contribution in [0.1, 0.15) is 6.42 Å².